The highest BCUT2D eigenvalue weighted by Gasteiger charge is 2.29. The van der Waals surface area contributed by atoms with Gasteiger partial charge >= 0.3 is 0 Å². The number of benzene rings is 1. The van der Waals surface area contributed by atoms with Gasteiger partial charge in [0.15, 0.2) is 5.82 Å². The number of aromatic nitrogens is 6. The molecule has 4 heterocycles. The molecular formula is C22H21N7O. The minimum atomic E-state index is -0.0678. The number of rotatable bonds is 4. The van der Waals surface area contributed by atoms with Crippen LogP contribution in [0, 0.1) is 0 Å². The van der Waals surface area contributed by atoms with Crippen molar-refractivity contribution in [3.05, 3.63) is 83.6 Å². The summed E-state index contributed by atoms with van der Waals surface area (Å²) >= 11 is 0. The quantitative estimate of drug-likeness (QED) is 0.526. The molecule has 1 aliphatic heterocycles. The third-order valence-corrected chi connectivity index (χ3v) is 5.44. The Balaban J connectivity index is 1.47. The Morgan fingerprint density at radius 1 is 1.10 bits per heavy atom. The number of carbonyl (C=O) groups excluding carboxylic acids is 1. The standard InChI is InChI=1S/C22H21N7O/c1-27-19-10-12-28(22(30)18-9-5-6-11-23-18)14-17(19)20(26-27)21-25-24-15-29(21)13-16-7-3-2-4-8-16/h2-9,11,15H,10,12-14H2,1H3. The highest BCUT2D eigenvalue weighted by atomic mass is 16.2. The number of hydrogen-bond acceptors (Lipinski definition) is 5. The van der Waals surface area contributed by atoms with Crippen molar-refractivity contribution in [2.24, 2.45) is 7.05 Å². The van der Waals surface area contributed by atoms with E-state index < -0.39 is 0 Å². The first-order chi connectivity index (χ1) is 14.7. The smallest absolute Gasteiger partial charge is 0.272 e. The lowest BCUT2D eigenvalue weighted by Crippen LogP contribution is -2.36. The van der Waals surface area contributed by atoms with E-state index in [1.807, 2.05) is 51.5 Å². The van der Waals surface area contributed by atoms with Gasteiger partial charge in [-0.2, -0.15) is 5.10 Å². The molecule has 8 nitrogen and oxygen atoms in total. The van der Waals surface area contributed by atoms with E-state index in [1.54, 1.807) is 18.6 Å². The third kappa shape index (κ3) is 3.26. The summed E-state index contributed by atoms with van der Waals surface area (Å²) < 4.78 is 3.90. The molecule has 0 saturated heterocycles. The van der Waals surface area contributed by atoms with Crippen LogP contribution in [0.15, 0.2) is 61.1 Å². The second-order valence-corrected chi connectivity index (χ2v) is 7.36. The summed E-state index contributed by atoms with van der Waals surface area (Å²) in [5, 5.41) is 13.2. The van der Waals surface area contributed by atoms with Gasteiger partial charge in [-0.25, -0.2) is 0 Å². The van der Waals surface area contributed by atoms with Gasteiger partial charge in [-0.15, -0.1) is 10.2 Å². The summed E-state index contributed by atoms with van der Waals surface area (Å²) in [7, 11) is 1.94. The van der Waals surface area contributed by atoms with Crippen molar-refractivity contribution in [1.82, 2.24) is 34.4 Å². The van der Waals surface area contributed by atoms with Crippen molar-refractivity contribution in [3.63, 3.8) is 0 Å². The summed E-state index contributed by atoms with van der Waals surface area (Å²) in [5.41, 5.74) is 4.55. The first kappa shape index (κ1) is 18.2. The normalized spacial score (nSPS) is 13.3. The van der Waals surface area contributed by atoms with Crippen LogP contribution < -0.4 is 0 Å². The zero-order chi connectivity index (χ0) is 20.5. The van der Waals surface area contributed by atoms with Gasteiger partial charge in [0.05, 0.1) is 13.1 Å². The van der Waals surface area contributed by atoms with Crippen molar-refractivity contribution >= 4 is 5.91 Å². The van der Waals surface area contributed by atoms with Crippen LogP contribution in [-0.2, 0) is 26.6 Å². The van der Waals surface area contributed by atoms with Gasteiger partial charge < -0.3 is 9.47 Å². The molecule has 1 amide bonds. The summed E-state index contributed by atoms with van der Waals surface area (Å²) in [4.78, 5) is 19.0. The fourth-order valence-corrected chi connectivity index (χ4v) is 3.93. The van der Waals surface area contributed by atoms with Gasteiger partial charge in [-0.3, -0.25) is 14.5 Å². The second kappa shape index (κ2) is 7.55. The van der Waals surface area contributed by atoms with Crippen LogP contribution in [-0.4, -0.2) is 46.9 Å². The molecule has 5 rings (SSSR count). The molecule has 1 aromatic carbocycles. The summed E-state index contributed by atoms with van der Waals surface area (Å²) in [6.07, 6.45) is 4.11. The zero-order valence-electron chi connectivity index (χ0n) is 16.6. The molecule has 0 bridgehead atoms. The number of aryl methyl sites for hydroxylation is 1. The highest BCUT2D eigenvalue weighted by molar-refractivity contribution is 5.92. The molecule has 150 valence electrons. The SMILES string of the molecule is Cn1nc(-c2nncn2Cc2ccccc2)c2c1CCN(C(=O)c1ccccn1)C2. The third-order valence-electron chi connectivity index (χ3n) is 5.44. The van der Waals surface area contributed by atoms with Gasteiger partial charge in [-0.05, 0) is 17.7 Å². The molecular weight excluding hydrogens is 378 g/mol. The van der Waals surface area contributed by atoms with Crippen molar-refractivity contribution in [3.8, 4) is 11.5 Å². The minimum absolute atomic E-state index is 0.0678. The Bertz CT molecular complexity index is 1180. The molecule has 30 heavy (non-hydrogen) atoms. The molecule has 1 aliphatic rings. The van der Waals surface area contributed by atoms with Crippen LogP contribution in [0.4, 0.5) is 0 Å². The number of fused-ring (bicyclic) bond motifs is 1. The van der Waals surface area contributed by atoms with Crippen molar-refractivity contribution < 1.29 is 4.79 Å². The second-order valence-electron chi connectivity index (χ2n) is 7.36. The maximum absolute atomic E-state index is 12.9. The zero-order valence-corrected chi connectivity index (χ0v) is 16.6. The molecule has 0 radical (unpaired) electrons. The van der Waals surface area contributed by atoms with E-state index in [4.69, 9.17) is 5.10 Å². The van der Waals surface area contributed by atoms with Crippen LogP contribution >= 0.6 is 0 Å². The fraction of sp³-hybridized carbons (Fsp3) is 0.227. The minimum Gasteiger partial charge on any atom is -0.332 e. The van der Waals surface area contributed by atoms with E-state index in [-0.39, 0.29) is 5.91 Å². The summed E-state index contributed by atoms with van der Waals surface area (Å²) in [5.74, 6) is 0.643. The molecule has 0 fully saturated rings. The van der Waals surface area contributed by atoms with Gasteiger partial charge in [0, 0.05) is 37.5 Å². The first-order valence-electron chi connectivity index (χ1n) is 9.88. The van der Waals surface area contributed by atoms with Crippen LogP contribution in [0.2, 0.25) is 0 Å². The van der Waals surface area contributed by atoms with Crippen molar-refractivity contribution in [2.75, 3.05) is 6.54 Å². The lowest BCUT2D eigenvalue weighted by molar-refractivity contribution is 0.0727. The lowest BCUT2D eigenvalue weighted by Gasteiger charge is -2.27. The van der Waals surface area contributed by atoms with Gasteiger partial charge in [0.25, 0.3) is 5.91 Å². The first-order valence-corrected chi connectivity index (χ1v) is 9.88. The predicted octanol–water partition coefficient (Wildman–Crippen LogP) is 2.32. The van der Waals surface area contributed by atoms with E-state index in [9.17, 15) is 4.79 Å². The summed E-state index contributed by atoms with van der Waals surface area (Å²) in [6, 6.07) is 15.6. The Morgan fingerprint density at radius 3 is 2.73 bits per heavy atom. The maximum Gasteiger partial charge on any atom is 0.272 e. The van der Waals surface area contributed by atoms with Crippen LogP contribution in [0.5, 0.6) is 0 Å². The number of carbonyl (C=O) groups is 1. The van der Waals surface area contributed by atoms with Crippen LogP contribution in [0.3, 0.4) is 0 Å². The topological polar surface area (TPSA) is 81.7 Å². The molecule has 0 unspecified atom stereocenters. The molecule has 0 N–H and O–H groups in total. The fourth-order valence-electron chi connectivity index (χ4n) is 3.93. The van der Waals surface area contributed by atoms with E-state index in [1.165, 1.54) is 0 Å². The Hall–Kier alpha value is -3.81. The number of amides is 1. The molecule has 0 spiro atoms. The summed E-state index contributed by atoms with van der Waals surface area (Å²) in [6.45, 7) is 1.77. The van der Waals surface area contributed by atoms with Crippen LogP contribution in [0.1, 0.15) is 27.3 Å². The Kier molecular flexibility index (Phi) is 4.59. The average Bonchev–Trinajstić information content (AvgIpc) is 3.38. The van der Waals surface area contributed by atoms with Crippen molar-refractivity contribution in [1.29, 1.82) is 0 Å². The highest BCUT2D eigenvalue weighted by Crippen LogP contribution is 2.29. The van der Waals surface area contributed by atoms with E-state index in [0.717, 1.165) is 28.9 Å². The van der Waals surface area contributed by atoms with Gasteiger partial charge in [0.1, 0.15) is 17.7 Å². The van der Waals surface area contributed by atoms with Crippen molar-refractivity contribution in [2.45, 2.75) is 19.5 Å². The largest absolute Gasteiger partial charge is 0.332 e. The Labute approximate surface area is 173 Å². The molecule has 8 heteroatoms. The van der Waals surface area contributed by atoms with E-state index in [0.29, 0.717) is 31.2 Å². The monoisotopic (exact) mass is 399 g/mol. The predicted molar refractivity (Wildman–Crippen MR) is 110 cm³/mol. The van der Waals surface area contributed by atoms with Gasteiger partial charge in [0.2, 0.25) is 0 Å². The lowest BCUT2D eigenvalue weighted by atomic mass is 10.0. The number of pyridine rings is 1. The number of nitrogens with zero attached hydrogens (tertiary/aromatic N) is 7. The molecule has 0 aliphatic carbocycles. The van der Waals surface area contributed by atoms with E-state index >= 15 is 0 Å². The maximum atomic E-state index is 12.9. The molecule has 0 saturated carbocycles. The molecule has 4 aromatic rings. The Morgan fingerprint density at radius 2 is 1.93 bits per heavy atom. The molecule has 3 aromatic heterocycles. The molecule has 0 atom stereocenters. The van der Waals surface area contributed by atoms with E-state index in [2.05, 4.69) is 27.3 Å². The van der Waals surface area contributed by atoms with Gasteiger partial charge in [-0.1, -0.05) is 36.4 Å². The average molecular weight is 399 g/mol. The van der Waals surface area contributed by atoms with Crippen LogP contribution in [0.25, 0.3) is 11.5 Å². The number of hydrogen-bond donors (Lipinski definition) is 0.